The molecule has 1 aromatic heterocycles. The van der Waals surface area contributed by atoms with Crippen LogP contribution in [-0.4, -0.2) is 25.7 Å². The van der Waals surface area contributed by atoms with Crippen LogP contribution < -0.4 is 16.6 Å². The molecule has 96 valence electrons. The van der Waals surface area contributed by atoms with E-state index in [1.54, 1.807) is 7.05 Å². The molecule has 1 aromatic rings. The minimum Gasteiger partial charge on any atom is -0.375 e. The van der Waals surface area contributed by atoms with Crippen molar-refractivity contribution in [2.24, 2.45) is 12.8 Å². The maximum Gasteiger partial charge on any atom is 0.397 e. The van der Waals surface area contributed by atoms with Gasteiger partial charge in [-0.15, -0.1) is 0 Å². The van der Waals surface area contributed by atoms with Crippen molar-refractivity contribution >= 4 is 35.1 Å². The van der Waals surface area contributed by atoms with Crippen LogP contribution in [0.3, 0.4) is 0 Å². The number of nitrogens with one attached hydrogen (secondary N) is 2. The lowest BCUT2D eigenvalue weighted by molar-refractivity contribution is -0.390. The molecule has 0 saturated heterocycles. The lowest BCUT2D eigenvalue weighted by Crippen LogP contribution is -2.43. The fourth-order valence-corrected chi connectivity index (χ4v) is 1.14. The molecule has 0 spiro atoms. The van der Waals surface area contributed by atoms with Crippen LogP contribution in [0.5, 0.6) is 0 Å². The van der Waals surface area contributed by atoms with E-state index in [0.717, 1.165) is 6.08 Å². The van der Waals surface area contributed by atoms with Crippen molar-refractivity contribution in [2.45, 2.75) is 0 Å². The van der Waals surface area contributed by atoms with Crippen LogP contribution in [-0.2, 0) is 11.8 Å². The summed E-state index contributed by atoms with van der Waals surface area (Å²) in [4.78, 5) is 21.2. The van der Waals surface area contributed by atoms with Gasteiger partial charge in [-0.05, 0) is 23.2 Å². The summed E-state index contributed by atoms with van der Waals surface area (Å²) in [5.74, 6) is -0.884. The van der Waals surface area contributed by atoms with E-state index in [1.165, 1.54) is 17.0 Å². The number of nitrogens with two attached hydrogens (primary N) is 1. The second-order valence-electron chi connectivity index (χ2n) is 3.15. The summed E-state index contributed by atoms with van der Waals surface area (Å²) in [5, 5.41) is 14.2. The first kappa shape index (κ1) is 13.6. The summed E-state index contributed by atoms with van der Waals surface area (Å²) < 4.78 is 1.28. The van der Waals surface area contributed by atoms with Gasteiger partial charge in [0, 0.05) is 6.08 Å². The SMILES string of the molecule is Cn1cc(/C=C/C(=O)NNC(N)=S)c([N+](=O)[O-])n1. The molecule has 1 heterocycles. The number of thiocarbonyl (C=S) groups is 1. The maximum absolute atomic E-state index is 11.2. The number of carbonyl (C=O) groups excluding carboxylic acids is 1. The topological polar surface area (TPSA) is 128 Å². The number of aryl methyl sites for hydroxylation is 1. The monoisotopic (exact) mass is 270 g/mol. The summed E-state index contributed by atoms with van der Waals surface area (Å²) in [6.45, 7) is 0. The second kappa shape index (κ2) is 5.72. The van der Waals surface area contributed by atoms with Crippen LogP contribution in [0.25, 0.3) is 6.08 Å². The number of hydrazine groups is 1. The molecule has 0 aromatic carbocycles. The van der Waals surface area contributed by atoms with Gasteiger partial charge in [0.25, 0.3) is 5.91 Å². The Labute approximate surface area is 107 Å². The molecule has 1 amide bonds. The third-order valence-electron chi connectivity index (χ3n) is 1.73. The Morgan fingerprint density at radius 3 is 2.89 bits per heavy atom. The van der Waals surface area contributed by atoms with E-state index in [-0.39, 0.29) is 16.5 Å². The standard InChI is InChI=1S/C8H10N6O3S/c1-13-4-5(7(12-13)14(16)17)2-3-6(15)10-11-8(9)18/h2-4H,1H3,(H,10,15)(H3,9,11,18)/b3-2+. The molecule has 0 bridgehead atoms. The average Bonchev–Trinajstić information content (AvgIpc) is 2.65. The molecule has 18 heavy (non-hydrogen) atoms. The summed E-state index contributed by atoms with van der Waals surface area (Å²) in [5.41, 5.74) is 9.71. The average molecular weight is 270 g/mol. The van der Waals surface area contributed by atoms with Crippen molar-refractivity contribution < 1.29 is 9.72 Å². The Kier molecular flexibility index (Phi) is 4.32. The van der Waals surface area contributed by atoms with Crippen LogP contribution >= 0.6 is 12.2 Å². The molecule has 0 saturated carbocycles. The van der Waals surface area contributed by atoms with Crippen LogP contribution in [0.4, 0.5) is 5.82 Å². The van der Waals surface area contributed by atoms with Crippen molar-refractivity contribution in [1.29, 1.82) is 0 Å². The van der Waals surface area contributed by atoms with Crippen LogP contribution in [0, 0.1) is 10.1 Å². The Hall–Kier alpha value is -2.49. The number of aromatic nitrogens is 2. The zero-order chi connectivity index (χ0) is 13.7. The first-order chi connectivity index (χ1) is 8.40. The van der Waals surface area contributed by atoms with Gasteiger partial charge < -0.3 is 15.8 Å². The molecule has 0 aliphatic heterocycles. The predicted molar refractivity (Wildman–Crippen MR) is 67.0 cm³/mol. The number of nitro groups is 1. The summed E-state index contributed by atoms with van der Waals surface area (Å²) in [7, 11) is 1.54. The smallest absolute Gasteiger partial charge is 0.375 e. The van der Waals surface area contributed by atoms with Crippen molar-refractivity contribution in [3.05, 3.63) is 28.0 Å². The third-order valence-corrected chi connectivity index (χ3v) is 1.83. The first-order valence-corrected chi connectivity index (χ1v) is 5.02. The molecule has 10 heteroatoms. The number of carbonyl (C=O) groups is 1. The normalized spacial score (nSPS) is 10.3. The van der Waals surface area contributed by atoms with Crippen molar-refractivity contribution in [3.63, 3.8) is 0 Å². The van der Waals surface area contributed by atoms with E-state index in [1.807, 2.05) is 0 Å². The molecule has 0 aliphatic rings. The number of nitrogens with zero attached hydrogens (tertiary/aromatic N) is 3. The van der Waals surface area contributed by atoms with Gasteiger partial charge in [-0.25, -0.2) is 0 Å². The van der Waals surface area contributed by atoms with Gasteiger partial charge in [-0.1, -0.05) is 0 Å². The lowest BCUT2D eigenvalue weighted by atomic mass is 10.3. The Morgan fingerprint density at radius 1 is 1.67 bits per heavy atom. The molecule has 0 fully saturated rings. The molecule has 0 atom stereocenters. The van der Waals surface area contributed by atoms with E-state index in [9.17, 15) is 14.9 Å². The molecule has 0 aliphatic carbocycles. The molecular weight excluding hydrogens is 260 g/mol. The second-order valence-corrected chi connectivity index (χ2v) is 3.59. The van der Waals surface area contributed by atoms with Crippen molar-refractivity contribution in [1.82, 2.24) is 20.6 Å². The Balaban J connectivity index is 2.75. The number of hydrogen-bond donors (Lipinski definition) is 3. The van der Waals surface area contributed by atoms with Gasteiger partial charge in [0.2, 0.25) is 0 Å². The molecule has 0 unspecified atom stereocenters. The minimum absolute atomic E-state index is 0.0934. The third kappa shape index (κ3) is 3.83. The van der Waals surface area contributed by atoms with E-state index in [2.05, 4.69) is 28.2 Å². The van der Waals surface area contributed by atoms with Gasteiger partial charge in [-0.3, -0.25) is 15.6 Å². The molecular formula is C8H10N6O3S. The van der Waals surface area contributed by atoms with Crippen molar-refractivity contribution in [2.75, 3.05) is 0 Å². The highest BCUT2D eigenvalue weighted by atomic mass is 32.1. The molecule has 9 nitrogen and oxygen atoms in total. The van der Waals surface area contributed by atoms with Gasteiger partial charge in [-0.2, -0.15) is 4.68 Å². The van der Waals surface area contributed by atoms with E-state index in [0.29, 0.717) is 0 Å². The van der Waals surface area contributed by atoms with Gasteiger partial charge in [0.15, 0.2) is 5.11 Å². The summed E-state index contributed by atoms with van der Waals surface area (Å²) in [6.07, 6.45) is 3.78. The molecule has 4 N–H and O–H groups in total. The Bertz CT molecular complexity index is 523. The van der Waals surface area contributed by atoms with E-state index < -0.39 is 10.8 Å². The summed E-state index contributed by atoms with van der Waals surface area (Å²) in [6, 6.07) is 0. The number of amides is 1. The molecule has 0 radical (unpaired) electrons. The predicted octanol–water partition coefficient (Wildman–Crippen LogP) is -0.794. The van der Waals surface area contributed by atoms with Crippen LogP contribution in [0.1, 0.15) is 5.56 Å². The lowest BCUT2D eigenvalue weighted by Gasteiger charge is -2.01. The first-order valence-electron chi connectivity index (χ1n) is 4.61. The number of hydrogen-bond acceptors (Lipinski definition) is 5. The summed E-state index contributed by atoms with van der Waals surface area (Å²) >= 11 is 4.48. The maximum atomic E-state index is 11.2. The fraction of sp³-hybridized carbons (Fsp3) is 0.125. The Morgan fingerprint density at radius 2 is 2.33 bits per heavy atom. The zero-order valence-electron chi connectivity index (χ0n) is 9.28. The van der Waals surface area contributed by atoms with Gasteiger partial charge in [0.05, 0.1) is 23.9 Å². The van der Waals surface area contributed by atoms with Gasteiger partial charge in [0.1, 0.15) is 0 Å². The quantitative estimate of drug-likeness (QED) is 0.284. The highest BCUT2D eigenvalue weighted by Crippen LogP contribution is 2.16. The highest BCUT2D eigenvalue weighted by Gasteiger charge is 2.16. The molecule has 1 rings (SSSR count). The van der Waals surface area contributed by atoms with Crippen LogP contribution in [0.2, 0.25) is 0 Å². The van der Waals surface area contributed by atoms with Crippen molar-refractivity contribution in [3.8, 4) is 0 Å². The van der Waals surface area contributed by atoms with Gasteiger partial charge >= 0.3 is 5.82 Å². The van der Waals surface area contributed by atoms with Crippen LogP contribution in [0.15, 0.2) is 12.3 Å². The van der Waals surface area contributed by atoms with E-state index >= 15 is 0 Å². The largest absolute Gasteiger partial charge is 0.397 e. The number of rotatable bonds is 3. The zero-order valence-corrected chi connectivity index (χ0v) is 10.1. The fourth-order valence-electron chi connectivity index (χ4n) is 1.08. The van der Waals surface area contributed by atoms with E-state index in [4.69, 9.17) is 5.73 Å². The minimum atomic E-state index is -0.634. The highest BCUT2D eigenvalue weighted by molar-refractivity contribution is 7.80.